The van der Waals surface area contributed by atoms with Gasteiger partial charge in [0, 0.05) is 5.69 Å². The third-order valence-electron chi connectivity index (χ3n) is 4.68. The first-order valence-corrected chi connectivity index (χ1v) is 11.6. The Kier molecular flexibility index (Phi) is 7.61. The summed E-state index contributed by atoms with van der Waals surface area (Å²) in [6.45, 7) is 7.29. The number of carbonyl (C=O) groups is 2. The molecule has 8 heteroatoms. The van der Waals surface area contributed by atoms with Gasteiger partial charge in [0.1, 0.15) is 6.04 Å². The molecule has 0 saturated carbocycles. The van der Waals surface area contributed by atoms with Crippen molar-refractivity contribution in [2.45, 2.75) is 40.2 Å². The minimum Gasteiger partial charge on any atom is -0.462 e. The minimum atomic E-state index is -3.70. The van der Waals surface area contributed by atoms with Gasteiger partial charge in [-0.2, -0.15) is 0 Å². The number of sulfonamides is 1. The van der Waals surface area contributed by atoms with E-state index in [1.54, 1.807) is 44.2 Å². The van der Waals surface area contributed by atoms with E-state index < -0.39 is 27.9 Å². The summed E-state index contributed by atoms with van der Waals surface area (Å²) >= 11 is 0. The van der Waals surface area contributed by atoms with Crippen molar-refractivity contribution in [1.29, 1.82) is 0 Å². The first kappa shape index (κ1) is 23.4. The molecule has 0 heterocycles. The van der Waals surface area contributed by atoms with Crippen LogP contribution < -0.4 is 9.62 Å². The fraction of sp³-hybridized carbons (Fsp3) is 0.364. The van der Waals surface area contributed by atoms with E-state index in [0.717, 1.165) is 22.5 Å². The summed E-state index contributed by atoms with van der Waals surface area (Å²) in [5.74, 6) is -0.919. The van der Waals surface area contributed by atoms with Crippen LogP contribution in [0.5, 0.6) is 0 Å². The van der Waals surface area contributed by atoms with E-state index in [-0.39, 0.29) is 6.61 Å². The maximum atomic E-state index is 12.9. The predicted octanol–water partition coefficient (Wildman–Crippen LogP) is 3.53. The molecule has 0 aliphatic heterocycles. The summed E-state index contributed by atoms with van der Waals surface area (Å²) in [4.78, 5) is 24.7. The molecule has 0 bridgehead atoms. The second-order valence-corrected chi connectivity index (χ2v) is 8.85. The Morgan fingerprint density at radius 1 is 1.10 bits per heavy atom. The van der Waals surface area contributed by atoms with Crippen LogP contribution in [0.4, 0.5) is 11.4 Å². The van der Waals surface area contributed by atoms with Crippen LogP contribution in [0.1, 0.15) is 42.3 Å². The number of nitrogens with one attached hydrogen (secondary N) is 1. The number of aryl methyl sites for hydroxylation is 2. The molecule has 0 spiro atoms. The average molecular weight is 433 g/mol. The van der Waals surface area contributed by atoms with Crippen LogP contribution in [0, 0.1) is 6.92 Å². The number of rotatable bonds is 8. The average Bonchev–Trinajstić information content (AvgIpc) is 2.69. The Morgan fingerprint density at radius 2 is 1.73 bits per heavy atom. The number of esters is 1. The van der Waals surface area contributed by atoms with Crippen molar-refractivity contribution in [3.63, 3.8) is 0 Å². The SMILES string of the molecule is CCOC(=O)c1ccc(NC(=O)[C@@H](C)N(c2ccc(CC)cc2)S(C)(=O)=O)c(C)c1. The smallest absolute Gasteiger partial charge is 0.338 e. The van der Waals surface area contributed by atoms with Gasteiger partial charge in [-0.3, -0.25) is 9.10 Å². The number of hydrogen-bond donors (Lipinski definition) is 1. The molecule has 1 N–H and O–H groups in total. The molecule has 0 aromatic heterocycles. The van der Waals surface area contributed by atoms with Crippen molar-refractivity contribution in [1.82, 2.24) is 0 Å². The lowest BCUT2D eigenvalue weighted by Gasteiger charge is -2.28. The predicted molar refractivity (Wildman–Crippen MR) is 118 cm³/mol. The van der Waals surface area contributed by atoms with Crippen molar-refractivity contribution in [3.8, 4) is 0 Å². The maximum absolute atomic E-state index is 12.9. The first-order chi connectivity index (χ1) is 14.1. The fourth-order valence-electron chi connectivity index (χ4n) is 3.07. The molecule has 0 fully saturated rings. The van der Waals surface area contributed by atoms with Gasteiger partial charge in [0.25, 0.3) is 0 Å². The Bertz CT molecular complexity index is 1020. The molecule has 2 rings (SSSR count). The molecule has 30 heavy (non-hydrogen) atoms. The van der Waals surface area contributed by atoms with Gasteiger partial charge in [0.2, 0.25) is 15.9 Å². The highest BCUT2D eigenvalue weighted by molar-refractivity contribution is 7.92. The van der Waals surface area contributed by atoms with Gasteiger partial charge < -0.3 is 10.1 Å². The Balaban J connectivity index is 2.26. The Morgan fingerprint density at radius 3 is 2.23 bits per heavy atom. The van der Waals surface area contributed by atoms with Crippen molar-refractivity contribution in [2.75, 3.05) is 22.5 Å². The zero-order chi connectivity index (χ0) is 22.5. The summed E-state index contributed by atoms with van der Waals surface area (Å²) in [7, 11) is -3.70. The third kappa shape index (κ3) is 5.60. The first-order valence-electron chi connectivity index (χ1n) is 9.75. The topological polar surface area (TPSA) is 92.8 Å². The normalized spacial score (nSPS) is 12.2. The standard InChI is InChI=1S/C22H28N2O5S/c1-6-17-8-11-19(12-9-17)24(30(5,27)28)16(4)21(25)23-20-13-10-18(14-15(20)3)22(26)29-7-2/h8-14,16H,6-7H2,1-5H3,(H,23,25)/t16-/m1/s1. The van der Waals surface area contributed by atoms with Gasteiger partial charge in [-0.25, -0.2) is 13.2 Å². The molecule has 2 aromatic carbocycles. The van der Waals surface area contributed by atoms with Crippen LogP contribution in [0.15, 0.2) is 42.5 Å². The molecular weight excluding hydrogens is 404 g/mol. The van der Waals surface area contributed by atoms with Crippen molar-refractivity contribution in [3.05, 3.63) is 59.2 Å². The molecule has 0 radical (unpaired) electrons. The van der Waals surface area contributed by atoms with Crippen LogP contribution in [0.25, 0.3) is 0 Å². The lowest BCUT2D eigenvalue weighted by atomic mass is 10.1. The van der Waals surface area contributed by atoms with E-state index >= 15 is 0 Å². The van der Waals surface area contributed by atoms with Gasteiger partial charge >= 0.3 is 5.97 Å². The minimum absolute atomic E-state index is 0.272. The largest absolute Gasteiger partial charge is 0.462 e. The number of ether oxygens (including phenoxy) is 1. The summed E-state index contributed by atoms with van der Waals surface area (Å²) in [6.07, 6.45) is 1.90. The lowest BCUT2D eigenvalue weighted by molar-refractivity contribution is -0.116. The highest BCUT2D eigenvalue weighted by Crippen LogP contribution is 2.23. The number of benzene rings is 2. The Labute approximate surface area is 178 Å². The quantitative estimate of drug-likeness (QED) is 0.644. The summed E-state index contributed by atoms with van der Waals surface area (Å²) in [6, 6.07) is 10.9. The lowest BCUT2D eigenvalue weighted by Crippen LogP contribution is -2.45. The third-order valence-corrected chi connectivity index (χ3v) is 5.92. The molecule has 0 aliphatic carbocycles. The highest BCUT2D eigenvalue weighted by atomic mass is 32.2. The Hall–Kier alpha value is -2.87. The van der Waals surface area contributed by atoms with Crippen molar-refractivity contribution < 1.29 is 22.7 Å². The molecular formula is C22H28N2O5S. The van der Waals surface area contributed by atoms with E-state index in [1.807, 2.05) is 19.1 Å². The van der Waals surface area contributed by atoms with E-state index in [9.17, 15) is 18.0 Å². The van der Waals surface area contributed by atoms with Crippen molar-refractivity contribution >= 4 is 33.3 Å². The fourth-order valence-corrected chi connectivity index (χ4v) is 4.24. The van der Waals surface area contributed by atoms with Crippen LogP contribution in [0.3, 0.4) is 0 Å². The van der Waals surface area contributed by atoms with E-state index in [2.05, 4.69) is 5.32 Å². The van der Waals surface area contributed by atoms with Crippen LogP contribution >= 0.6 is 0 Å². The van der Waals surface area contributed by atoms with Gasteiger partial charge in [-0.1, -0.05) is 19.1 Å². The second kappa shape index (κ2) is 9.75. The number of hydrogen-bond acceptors (Lipinski definition) is 5. The second-order valence-electron chi connectivity index (χ2n) is 6.99. The number of amides is 1. The molecule has 0 saturated heterocycles. The van der Waals surface area contributed by atoms with Gasteiger partial charge in [0.05, 0.1) is 24.1 Å². The molecule has 1 atom stereocenters. The van der Waals surface area contributed by atoms with Gasteiger partial charge in [0.15, 0.2) is 0 Å². The summed E-state index contributed by atoms with van der Waals surface area (Å²) in [5.41, 5.74) is 3.04. The summed E-state index contributed by atoms with van der Waals surface area (Å²) in [5, 5.41) is 2.76. The maximum Gasteiger partial charge on any atom is 0.338 e. The zero-order valence-corrected chi connectivity index (χ0v) is 18.7. The van der Waals surface area contributed by atoms with E-state index in [0.29, 0.717) is 22.5 Å². The molecule has 7 nitrogen and oxygen atoms in total. The van der Waals surface area contributed by atoms with Crippen LogP contribution in [-0.2, 0) is 26.0 Å². The molecule has 0 unspecified atom stereocenters. The monoisotopic (exact) mass is 432 g/mol. The van der Waals surface area contributed by atoms with Gasteiger partial charge in [-0.15, -0.1) is 0 Å². The van der Waals surface area contributed by atoms with Crippen molar-refractivity contribution in [2.24, 2.45) is 0 Å². The highest BCUT2D eigenvalue weighted by Gasteiger charge is 2.29. The van der Waals surface area contributed by atoms with E-state index in [4.69, 9.17) is 4.74 Å². The number of nitrogens with zero attached hydrogens (tertiary/aromatic N) is 1. The summed E-state index contributed by atoms with van der Waals surface area (Å²) < 4.78 is 30.9. The number of carbonyl (C=O) groups excluding carboxylic acids is 2. The molecule has 2 aromatic rings. The van der Waals surface area contributed by atoms with E-state index in [1.165, 1.54) is 6.92 Å². The number of anilines is 2. The zero-order valence-electron chi connectivity index (χ0n) is 17.9. The van der Waals surface area contributed by atoms with Crippen LogP contribution in [0.2, 0.25) is 0 Å². The molecule has 1 amide bonds. The van der Waals surface area contributed by atoms with Crippen LogP contribution in [-0.4, -0.2) is 39.2 Å². The molecule has 162 valence electrons. The van der Waals surface area contributed by atoms with Gasteiger partial charge in [-0.05, 0) is 68.7 Å². The molecule has 0 aliphatic rings.